The van der Waals surface area contributed by atoms with Crippen molar-refractivity contribution in [2.75, 3.05) is 4.72 Å². The summed E-state index contributed by atoms with van der Waals surface area (Å²) in [4.78, 5) is 0.110. The monoisotopic (exact) mass is 295 g/mol. The van der Waals surface area contributed by atoms with Gasteiger partial charge in [0.1, 0.15) is 0 Å². The van der Waals surface area contributed by atoms with Gasteiger partial charge in [0.2, 0.25) is 0 Å². The first kappa shape index (κ1) is 14.5. The van der Waals surface area contributed by atoms with E-state index in [1.807, 2.05) is 0 Å². The maximum absolute atomic E-state index is 12.3. The molecule has 0 aliphatic heterocycles. The van der Waals surface area contributed by atoms with Gasteiger partial charge in [-0.3, -0.25) is 9.40 Å². The Morgan fingerprint density at radius 2 is 2.10 bits per heavy atom. The second kappa shape index (κ2) is 5.26. The lowest BCUT2D eigenvalue weighted by Crippen LogP contribution is -2.13. The van der Waals surface area contributed by atoms with Crippen molar-refractivity contribution in [1.82, 2.24) is 9.78 Å². The van der Waals surface area contributed by atoms with Crippen molar-refractivity contribution in [3.05, 3.63) is 41.7 Å². The maximum Gasteiger partial charge on any atom is 0.262 e. The third-order valence-electron chi connectivity index (χ3n) is 2.91. The van der Waals surface area contributed by atoms with Crippen LogP contribution in [0, 0.1) is 6.92 Å². The van der Waals surface area contributed by atoms with Crippen LogP contribution < -0.4 is 4.72 Å². The van der Waals surface area contributed by atoms with Crippen LogP contribution in [-0.2, 0) is 17.1 Å². The fraction of sp³-hybridized carbons (Fsp3) is 0.308. The van der Waals surface area contributed by atoms with Gasteiger partial charge in [-0.2, -0.15) is 5.10 Å². The van der Waals surface area contributed by atoms with E-state index in [0.717, 1.165) is 0 Å². The zero-order chi connectivity index (χ0) is 14.9. The molecule has 0 fully saturated rings. The first-order chi connectivity index (χ1) is 9.29. The van der Waals surface area contributed by atoms with Crippen molar-refractivity contribution < 1.29 is 13.5 Å². The third-order valence-corrected chi connectivity index (χ3v) is 4.27. The predicted molar refractivity (Wildman–Crippen MR) is 75.8 cm³/mol. The molecule has 0 saturated carbocycles. The Morgan fingerprint density at radius 3 is 2.65 bits per heavy atom. The minimum atomic E-state index is -3.69. The fourth-order valence-corrected chi connectivity index (χ4v) is 3.00. The van der Waals surface area contributed by atoms with Crippen LogP contribution in [0.15, 0.2) is 35.4 Å². The number of aliphatic hydroxyl groups is 1. The molecule has 1 unspecified atom stereocenters. The van der Waals surface area contributed by atoms with Crippen LogP contribution in [-0.4, -0.2) is 23.3 Å². The lowest BCUT2D eigenvalue weighted by Gasteiger charge is -2.09. The van der Waals surface area contributed by atoms with Crippen LogP contribution in [0.25, 0.3) is 0 Å². The summed E-state index contributed by atoms with van der Waals surface area (Å²) >= 11 is 0. The van der Waals surface area contributed by atoms with Crippen molar-refractivity contribution in [3.8, 4) is 0 Å². The Hall–Kier alpha value is -1.86. The summed E-state index contributed by atoms with van der Waals surface area (Å²) in [5, 5.41) is 13.6. The highest BCUT2D eigenvalue weighted by Gasteiger charge is 2.17. The molecule has 20 heavy (non-hydrogen) atoms. The second-order valence-electron chi connectivity index (χ2n) is 4.66. The Balaban J connectivity index is 2.35. The molecule has 0 radical (unpaired) electrons. The molecule has 0 aliphatic rings. The molecule has 2 N–H and O–H groups in total. The van der Waals surface area contributed by atoms with Crippen LogP contribution in [0.4, 0.5) is 5.69 Å². The molecule has 1 atom stereocenters. The van der Waals surface area contributed by atoms with E-state index >= 15 is 0 Å². The van der Waals surface area contributed by atoms with Gasteiger partial charge in [-0.25, -0.2) is 8.42 Å². The van der Waals surface area contributed by atoms with Crippen LogP contribution in [0.3, 0.4) is 0 Å². The Labute approximate surface area is 118 Å². The van der Waals surface area contributed by atoms with Crippen LogP contribution in [0.2, 0.25) is 0 Å². The number of hydrogen-bond donors (Lipinski definition) is 2. The van der Waals surface area contributed by atoms with Gasteiger partial charge in [0, 0.05) is 13.2 Å². The van der Waals surface area contributed by atoms with E-state index in [0.29, 0.717) is 16.9 Å². The highest BCUT2D eigenvalue weighted by Crippen LogP contribution is 2.21. The van der Waals surface area contributed by atoms with E-state index in [9.17, 15) is 13.5 Å². The smallest absolute Gasteiger partial charge is 0.262 e. The maximum atomic E-state index is 12.3. The number of aliphatic hydroxyl groups excluding tert-OH is 1. The van der Waals surface area contributed by atoms with Gasteiger partial charge in [0.15, 0.2) is 0 Å². The molecular formula is C13H17N3O3S. The topological polar surface area (TPSA) is 84.2 Å². The molecule has 0 bridgehead atoms. The average Bonchev–Trinajstić information content (AvgIpc) is 2.67. The molecule has 1 heterocycles. The average molecular weight is 295 g/mol. The van der Waals surface area contributed by atoms with Crippen molar-refractivity contribution in [1.29, 1.82) is 0 Å². The number of aromatic nitrogens is 2. The standard InChI is InChI=1S/C13H17N3O3S/c1-9-13(8-16(3)14-9)15-20(18,19)12-6-4-5-11(7-12)10(2)17/h4-8,10,15,17H,1-3H3. The molecule has 2 aromatic rings. The number of aryl methyl sites for hydroxylation is 2. The van der Waals surface area contributed by atoms with Gasteiger partial charge >= 0.3 is 0 Å². The molecule has 108 valence electrons. The highest BCUT2D eigenvalue weighted by atomic mass is 32.2. The van der Waals surface area contributed by atoms with Gasteiger partial charge in [0.25, 0.3) is 10.0 Å². The summed E-state index contributed by atoms with van der Waals surface area (Å²) in [6.07, 6.45) is 0.885. The van der Waals surface area contributed by atoms with Gasteiger partial charge in [-0.15, -0.1) is 0 Å². The number of nitrogens with one attached hydrogen (secondary N) is 1. The van der Waals surface area contributed by atoms with Crippen LogP contribution in [0.5, 0.6) is 0 Å². The summed E-state index contributed by atoms with van der Waals surface area (Å²) < 4.78 is 28.7. The SMILES string of the molecule is Cc1nn(C)cc1NS(=O)(=O)c1cccc(C(C)O)c1. The van der Waals surface area contributed by atoms with E-state index in [1.54, 1.807) is 43.9 Å². The summed E-state index contributed by atoms with van der Waals surface area (Å²) in [6.45, 7) is 3.31. The molecule has 2 rings (SSSR count). The van der Waals surface area contributed by atoms with Crippen molar-refractivity contribution in [2.24, 2.45) is 7.05 Å². The Bertz CT molecular complexity index is 720. The first-order valence-corrected chi connectivity index (χ1v) is 7.59. The molecule has 0 aliphatic carbocycles. The van der Waals surface area contributed by atoms with E-state index in [1.165, 1.54) is 12.1 Å². The van der Waals surface area contributed by atoms with E-state index in [2.05, 4.69) is 9.82 Å². The van der Waals surface area contributed by atoms with E-state index in [4.69, 9.17) is 0 Å². The third kappa shape index (κ3) is 3.00. The summed E-state index contributed by atoms with van der Waals surface area (Å²) in [6, 6.07) is 6.23. The number of hydrogen-bond acceptors (Lipinski definition) is 4. The minimum Gasteiger partial charge on any atom is -0.389 e. The Morgan fingerprint density at radius 1 is 1.40 bits per heavy atom. The number of sulfonamides is 1. The first-order valence-electron chi connectivity index (χ1n) is 6.10. The van der Waals surface area contributed by atoms with Crippen molar-refractivity contribution in [2.45, 2.75) is 24.8 Å². The van der Waals surface area contributed by atoms with Gasteiger partial charge in [-0.05, 0) is 31.5 Å². The molecule has 0 saturated heterocycles. The Kier molecular flexibility index (Phi) is 3.82. The zero-order valence-electron chi connectivity index (χ0n) is 11.5. The van der Waals surface area contributed by atoms with Gasteiger partial charge < -0.3 is 5.11 Å². The summed E-state index contributed by atoms with van der Waals surface area (Å²) in [5.41, 5.74) is 1.59. The quantitative estimate of drug-likeness (QED) is 0.897. The zero-order valence-corrected chi connectivity index (χ0v) is 12.3. The lowest BCUT2D eigenvalue weighted by molar-refractivity contribution is 0.199. The van der Waals surface area contributed by atoms with Crippen molar-refractivity contribution >= 4 is 15.7 Å². The summed E-state index contributed by atoms with van der Waals surface area (Å²) in [7, 11) is -1.97. The number of nitrogens with zero attached hydrogens (tertiary/aromatic N) is 2. The molecule has 0 amide bonds. The largest absolute Gasteiger partial charge is 0.389 e. The number of benzene rings is 1. The molecule has 1 aromatic carbocycles. The molecule has 0 spiro atoms. The number of anilines is 1. The normalized spacial score (nSPS) is 13.2. The van der Waals surface area contributed by atoms with Crippen LogP contribution >= 0.6 is 0 Å². The predicted octanol–water partition coefficient (Wildman–Crippen LogP) is 1.58. The van der Waals surface area contributed by atoms with E-state index < -0.39 is 16.1 Å². The molecule has 6 nitrogen and oxygen atoms in total. The van der Waals surface area contributed by atoms with Crippen molar-refractivity contribution in [3.63, 3.8) is 0 Å². The van der Waals surface area contributed by atoms with E-state index in [-0.39, 0.29) is 4.90 Å². The lowest BCUT2D eigenvalue weighted by atomic mass is 10.1. The second-order valence-corrected chi connectivity index (χ2v) is 6.34. The fourth-order valence-electron chi connectivity index (χ4n) is 1.85. The van der Waals surface area contributed by atoms with Gasteiger partial charge in [-0.1, -0.05) is 12.1 Å². The van der Waals surface area contributed by atoms with Gasteiger partial charge in [0.05, 0.1) is 22.4 Å². The molecule has 7 heteroatoms. The molecular weight excluding hydrogens is 278 g/mol. The van der Waals surface area contributed by atoms with Crippen LogP contribution in [0.1, 0.15) is 24.3 Å². The number of rotatable bonds is 4. The summed E-state index contributed by atoms with van der Waals surface area (Å²) in [5.74, 6) is 0. The molecule has 1 aromatic heterocycles. The minimum absolute atomic E-state index is 0.110. The highest BCUT2D eigenvalue weighted by molar-refractivity contribution is 7.92.